The number of amides is 1. The summed E-state index contributed by atoms with van der Waals surface area (Å²) in [4.78, 5) is 21.6. The number of nitrogens with zero attached hydrogens (tertiary/aromatic N) is 2. The zero-order valence-electron chi connectivity index (χ0n) is 14.4. The van der Waals surface area contributed by atoms with E-state index in [0.29, 0.717) is 22.4 Å². The van der Waals surface area contributed by atoms with Crippen molar-refractivity contribution in [2.75, 3.05) is 17.2 Å². The second-order valence-electron chi connectivity index (χ2n) is 5.69. The molecule has 0 unspecified atom stereocenters. The summed E-state index contributed by atoms with van der Waals surface area (Å²) in [6.07, 6.45) is 0.950. The van der Waals surface area contributed by atoms with Gasteiger partial charge in [0.2, 0.25) is 0 Å². The van der Waals surface area contributed by atoms with Crippen molar-refractivity contribution < 1.29 is 4.79 Å². The molecule has 0 atom stereocenters. The van der Waals surface area contributed by atoms with E-state index >= 15 is 0 Å². The Hall–Kier alpha value is -2.92. The van der Waals surface area contributed by atoms with Crippen LogP contribution in [0.2, 0.25) is 5.02 Å². The van der Waals surface area contributed by atoms with E-state index in [1.807, 2.05) is 42.5 Å². The number of nitrogens with one attached hydrogen (secondary N) is 2. The number of benzene rings is 2. The van der Waals surface area contributed by atoms with Gasteiger partial charge in [0.1, 0.15) is 11.5 Å². The van der Waals surface area contributed by atoms with Crippen LogP contribution in [0.4, 0.5) is 11.5 Å². The lowest BCUT2D eigenvalue weighted by Crippen LogP contribution is -2.16. The molecule has 0 radical (unpaired) electrons. The molecule has 3 rings (SSSR count). The third-order valence-corrected chi connectivity index (χ3v) is 4.00. The summed E-state index contributed by atoms with van der Waals surface area (Å²) in [7, 11) is 0. The van der Waals surface area contributed by atoms with Crippen LogP contribution in [-0.2, 0) is 0 Å². The van der Waals surface area contributed by atoms with Gasteiger partial charge in [-0.2, -0.15) is 0 Å². The predicted molar refractivity (Wildman–Crippen MR) is 106 cm³/mol. The van der Waals surface area contributed by atoms with Crippen molar-refractivity contribution in [1.29, 1.82) is 0 Å². The molecule has 26 heavy (non-hydrogen) atoms. The van der Waals surface area contributed by atoms with E-state index in [0.717, 1.165) is 18.5 Å². The summed E-state index contributed by atoms with van der Waals surface area (Å²) in [6.45, 7) is 2.83. The van der Waals surface area contributed by atoms with E-state index in [4.69, 9.17) is 11.6 Å². The van der Waals surface area contributed by atoms with E-state index in [1.165, 1.54) is 0 Å². The molecule has 6 heteroatoms. The molecule has 0 saturated heterocycles. The standard InChI is InChI=1S/C20H19ClN4O/c1-2-12-22-18-13-17(20(26)24-16-11-7-6-10-15(16)21)23-19(25-18)14-8-4-3-5-9-14/h3-11,13H,2,12H2,1H3,(H,24,26)(H,22,23,25). The van der Waals surface area contributed by atoms with Crippen LogP contribution in [-0.4, -0.2) is 22.4 Å². The lowest BCUT2D eigenvalue weighted by Gasteiger charge is -2.11. The molecule has 1 amide bonds. The average molecular weight is 367 g/mol. The van der Waals surface area contributed by atoms with Crippen molar-refractivity contribution >= 4 is 29.0 Å². The molecular weight excluding hydrogens is 348 g/mol. The van der Waals surface area contributed by atoms with Crippen molar-refractivity contribution in [3.05, 3.63) is 71.4 Å². The van der Waals surface area contributed by atoms with Gasteiger partial charge in [-0.1, -0.05) is 61.0 Å². The SMILES string of the molecule is CCCNc1cc(C(=O)Nc2ccccc2Cl)nc(-c2ccccc2)n1. The van der Waals surface area contributed by atoms with Gasteiger partial charge < -0.3 is 10.6 Å². The maximum Gasteiger partial charge on any atom is 0.274 e. The lowest BCUT2D eigenvalue weighted by atomic mass is 10.2. The minimum atomic E-state index is -0.336. The Morgan fingerprint density at radius 1 is 1.04 bits per heavy atom. The molecule has 0 bridgehead atoms. The zero-order valence-corrected chi connectivity index (χ0v) is 15.1. The number of hydrogen-bond donors (Lipinski definition) is 2. The Balaban J connectivity index is 1.94. The van der Waals surface area contributed by atoms with Gasteiger partial charge >= 0.3 is 0 Å². The molecular formula is C20H19ClN4O. The van der Waals surface area contributed by atoms with E-state index in [9.17, 15) is 4.79 Å². The molecule has 2 aromatic carbocycles. The predicted octanol–water partition coefficient (Wildman–Crippen LogP) is 4.87. The highest BCUT2D eigenvalue weighted by molar-refractivity contribution is 6.33. The van der Waals surface area contributed by atoms with Gasteiger partial charge in [0.25, 0.3) is 5.91 Å². The van der Waals surface area contributed by atoms with Crippen molar-refractivity contribution in [2.24, 2.45) is 0 Å². The molecule has 0 aliphatic carbocycles. The molecule has 3 aromatic rings. The smallest absolute Gasteiger partial charge is 0.274 e. The minimum Gasteiger partial charge on any atom is -0.370 e. The maximum atomic E-state index is 12.7. The molecule has 5 nitrogen and oxygen atoms in total. The molecule has 0 saturated carbocycles. The Labute approximate surface area is 157 Å². The molecule has 2 N–H and O–H groups in total. The van der Waals surface area contributed by atoms with Gasteiger partial charge in [-0.05, 0) is 18.6 Å². The fourth-order valence-corrected chi connectivity index (χ4v) is 2.56. The molecule has 0 aliphatic rings. The van der Waals surface area contributed by atoms with Gasteiger partial charge in [-0.3, -0.25) is 4.79 Å². The van der Waals surface area contributed by atoms with Crippen LogP contribution in [0.25, 0.3) is 11.4 Å². The monoisotopic (exact) mass is 366 g/mol. The fraction of sp³-hybridized carbons (Fsp3) is 0.150. The topological polar surface area (TPSA) is 66.9 Å². The largest absolute Gasteiger partial charge is 0.370 e. The quantitative estimate of drug-likeness (QED) is 0.653. The number of carbonyl (C=O) groups excluding carboxylic acids is 1. The molecule has 1 aromatic heterocycles. The van der Waals surface area contributed by atoms with E-state index in [1.54, 1.807) is 18.2 Å². The van der Waals surface area contributed by atoms with E-state index < -0.39 is 0 Å². The highest BCUT2D eigenvalue weighted by atomic mass is 35.5. The highest BCUT2D eigenvalue weighted by Gasteiger charge is 2.14. The number of rotatable bonds is 6. The van der Waals surface area contributed by atoms with Crippen LogP contribution in [0.5, 0.6) is 0 Å². The van der Waals surface area contributed by atoms with Gasteiger partial charge in [-0.25, -0.2) is 9.97 Å². The Morgan fingerprint density at radius 3 is 2.50 bits per heavy atom. The second kappa shape index (κ2) is 8.45. The number of anilines is 2. The normalized spacial score (nSPS) is 10.4. The first-order valence-corrected chi connectivity index (χ1v) is 8.79. The van der Waals surface area contributed by atoms with Gasteiger partial charge in [0.05, 0.1) is 10.7 Å². The molecule has 1 heterocycles. The Kier molecular flexibility index (Phi) is 5.81. The number of carbonyl (C=O) groups is 1. The maximum absolute atomic E-state index is 12.7. The summed E-state index contributed by atoms with van der Waals surface area (Å²) >= 11 is 6.12. The molecule has 0 spiro atoms. The van der Waals surface area contributed by atoms with Crippen LogP contribution in [0.3, 0.4) is 0 Å². The summed E-state index contributed by atoms with van der Waals surface area (Å²) in [5.74, 6) is 0.776. The summed E-state index contributed by atoms with van der Waals surface area (Å²) < 4.78 is 0. The average Bonchev–Trinajstić information content (AvgIpc) is 2.68. The minimum absolute atomic E-state index is 0.275. The Bertz CT molecular complexity index is 899. The molecule has 0 fully saturated rings. The third-order valence-electron chi connectivity index (χ3n) is 3.67. The van der Waals surface area contributed by atoms with Crippen molar-refractivity contribution in [1.82, 2.24) is 9.97 Å². The van der Waals surface area contributed by atoms with Gasteiger partial charge in [0, 0.05) is 18.2 Å². The first kappa shape index (κ1) is 17.9. The number of para-hydroxylation sites is 1. The molecule has 0 aliphatic heterocycles. The van der Waals surface area contributed by atoms with Crippen molar-refractivity contribution in [2.45, 2.75) is 13.3 Å². The number of hydrogen-bond acceptors (Lipinski definition) is 4. The van der Waals surface area contributed by atoms with Crippen LogP contribution < -0.4 is 10.6 Å². The van der Waals surface area contributed by atoms with Crippen molar-refractivity contribution in [3.63, 3.8) is 0 Å². The summed E-state index contributed by atoms with van der Waals surface area (Å²) in [6, 6.07) is 18.3. The summed E-state index contributed by atoms with van der Waals surface area (Å²) in [5.41, 5.74) is 1.67. The van der Waals surface area contributed by atoms with Gasteiger partial charge in [-0.15, -0.1) is 0 Å². The first-order valence-electron chi connectivity index (χ1n) is 8.41. The first-order chi connectivity index (χ1) is 12.7. The van der Waals surface area contributed by atoms with Crippen molar-refractivity contribution in [3.8, 4) is 11.4 Å². The highest BCUT2D eigenvalue weighted by Crippen LogP contribution is 2.22. The summed E-state index contributed by atoms with van der Waals surface area (Å²) in [5, 5.41) is 6.49. The van der Waals surface area contributed by atoms with Crippen LogP contribution >= 0.6 is 11.6 Å². The zero-order chi connectivity index (χ0) is 18.4. The number of aromatic nitrogens is 2. The Morgan fingerprint density at radius 2 is 1.77 bits per heavy atom. The third kappa shape index (κ3) is 4.37. The number of halogens is 1. The van der Waals surface area contributed by atoms with Crippen LogP contribution in [0.1, 0.15) is 23.8 Å². The van der Waals surface area contributed by atoms with Gasteiger partial charge in [0.15, 0.2) is 5.82 Å². The fourth-order valence-electron chi connectivity index (χ4n) is 2.37. The van der Waals surface area contributed by atoms with E-state index in [-0.39, 0.29) is 11.6 Å². The lowest BCUT2D eigenvalue weighted by molar-refractivity contribution is 0.102. The second-order valence-corrected chi connectivity index (χ2v) is 6.10. The molecule has 132 valence electrons. The van der Waals surface area contributed by atoms with E-state index in [2.05, 4.69) is 27.5 Å². The van der Waals surface area contributed by atoms with Crippen LogP contribution in [0, 0.1) is 0 Å². The van der Waals surface area contributed by atoms with Crippen LogP contribution in [0.15, 0.2) is 60.7 Å².